The molecule has 0 unspecified atom stereocenters. The summed E-state index contributed by atoms with van der Waals surface area (Å²) in [6.07, 6.45) is 7.20. The molecule has 2 fully saturated rings. The third kappa shape index (κ3) is 2.36. The van der Waals surface area contributed by atoms with Crippen molar-refractivity contribution in [1.82, 2.24) is 5.32 Å². The molecule has 24 heavy (non-hydrogen) atoms. The van der Waals surface area contributed by atoms with E-state index in [0.29, 0.717) is 23.1 Å². The third-order valence-corrected chi connectivity index (χ3v) is 6.57. The van der Waals surface area contributed by atoms with Crippen LogP contribution < -0.4 is 5.32 Å². The number of halogens is 1. The van der Waals surface area contributed by atoms with Crippen LogP contribution in [-0.4, -0.2) is 24.2 Å². The van der Waals surface area contributed by atoms with E-state index in [9.17, 15) is 9.59 Å². The molecule has 0 spiro atoms. The molecule has 2 aliphatic carbocycles. The van der Waals surface area contributed by atoms with Gasteiger partial charge in [-0.05, 0) is 63.1 Å². The standard InChI is InChI=1S/C20H25NO2.ClH/c1-12(22)14-6-7-16-15(19(14)13(2)23)11-18-17-5-3-4-8-20(16,17)9-10-21-18;/h6-7,17-18,21H,3-5,8-11H2,1-2H3;1H/t17-,18+,20-;/m0./s1. The maximum absolute atomic E-state index is 12.3. The van der Waals surface area contributed by atoms with Gasteiger partial charge >= 0.3 is 0 Å². The number of hydrogen-bond acceptors (Lipinski definition) is 3. The van der Waals surface area contributed by atoms with Crippen molar-refractivity contribution in [3.05, 3.63) is 34.4 Å². The van der Waals surface area contributed by atoms with E-state index in [-0.39, 0.29) is 29.4 Å². The van der Waals surface area contributed by atoms with Gasteiger partial charge in [0.2, 0.25) is 0 Å². The smallest absolute Gasteiger partial charge is 0.160 e. The summed E-state index contributed by atoms with van der Waals surface area (Å²) in [5.74, 6) is 0.732. The first-order chi connectivity index (χ1) is 11.0. The number of ketones is 2. The van der Waals surface area contributed by atoms with E-state index < -0.39 is 0 Å². The van der Waals surface area contributed by atoms with Crippen molar-refractivity contribution in [2.24, 2.45) is 5.92 Å². The Morgan fingerprint density at radius 3 is 2.62 bits per heavy atom. The van der Waals surface area contributed by atoms with Crippen molar-refractivity contribution < 1.29 is 9.59 Å². The summed E-state index contributed by atoms with van der Waals surface area (Å²) in [6, 6.07) is 4.57. The van der Waals surface area contributed by atoms with Crippen molar-refractivity contribution in [3.8, 4) is 0 Å². The minimum Gasteiger partial charge on any atom is -0.313 e. The molecular formula is C20H26ClNO2. The van der Waals surface area contributed by atoms with Crippen LogP contribution in [0, 0.1) is 5.92 Å². The largest absolute Gasteiger partial charge is 0.313 e. The zero-order valence-electron chi connectivity index (χ0n) is 14.5. The molecule has 1 aromatic rings. The van der Waals surface area contributed by atoms with E-state index in [2.05, 4.69) is 11.4 Å². The number of piperidine rings is 1. The Hall–Kier alpha value is -1.19. The molecule has 4 rings (SSSR count). The predicted molar refractivity (Wildman–Crippen MR) is 97.4 cm³/mol. The van der Waals surface area contributed by atoms with Crippen LogP contribution in [-0.2, 0) is 11.8 Å². The molecule has 1 saturated heterocycles. The Labute approximate surface area is 150 Å². The Bertz CT molecular complexity index is 695. The second-order valence-corrected chi connectivity index (χ2v) is 7.65. The first kappa shape index (κ1) is 17.6. The quantitative estimate of drug-likeness (QED) is 0.826. The van der Waals surface area contributed by atoms with Crippen molar-refractivity contribution in [2.75, 3.05) is 6.54 Å². The highest BCUT2D eigenvalue weighted by atomic mass is 35.5. The summed E-state index contributed by atoms with van der Waals surface area (Å²) in [7, 11) is 0. The minimum absolute atomic E-state index is 0. The summed E-state index contributed by atoms with van der Waals surface area (Å²) in [6.45, 7) is 4.25. The molecule has 1 saturated carbocycles. The summed E-state index contributed by atoms with van der Waals surface area (Å²) < 4.78 is 0. The normalized spacial score (nSPS) is 30.6. The van der Waals surface area contributed by atoms with Gasteiger partial charge in [-0.3, -0.25) is 9.59 Å². The molecule has 2 bridgehead atoms. The fourth-order valence-corrected chi connectivity index (χ4v) is 5.71. The summed E-state index contributed by atoms with van der Waals surface area (Å²) in [5, 5.41) is 3.70. The minimum atomic E-state index is -0.000568. The Morgan fingerprint density at radius 2 is 1.92 bits per heavy atom. The zero-order valence-corrected chi connectivity index (χ0v) is 15.3. The number of fused-ring (bicyclic) bond motifs is 1. The molecule has 3 atom stereocenters. The van der Waals surface area contributed by atoms with Crippen LogP contribution in [0.15, 0.2) is 12.1 Å². The molecule has 1 aliphatic heterocycles. The molecular weight excluding hydrogens is 322 g/mol. The molecule has 3 aliphatic rings. The highest BCUT2D eigenvalue weighted by Gasteiger charge is 2.52. The van der Waals surface area contributed by atoms with E-state index in [1.54, 1.807) is 13.8 Å². The van der Waals surface area contributed by atoms with Gasteiger partial charge in [0.05, 0.1) is 0 Å². The maximum Gasteiger partial charge on any atom is 0.160 e. The number of carbonyl (C=O) groups excluding carboxylic acids is 2. The number of rotatable bonds is 2. The SMILES string of the molecule is CC(=O)c1ccc2c(c1C(C)=O)C[C@H]1NCC[C@@]23CCCC[C@@H]13.Cl. The molecule has 0 amide bonds. The van der Waals surface area contributed by atoms with E-state index in [4.69, 9.17) is 0 Å². The van der Waals surface area contributed by atoms with Gasteiger partial charge in [0, 0.05) is 22.6 Å². The van der Waals surface area contributed by atoms with Crippen molar-refractivity contribution in [1.29, 1.82) is 0 Å². The second kappa shape index (κ2) is 6.27. The summed E-state index contributed by atoms with van der Waals surface area (Å²) in [4.78, 5) is 24.4. The van der Waals surface area contributed by atoms with E-state index in [1.807, 2.05) is 6.07 Å². The lowest BCUT2D eigenvalue weighted by atomic mass is 9.52. The lowest BCUT2D eigenvalue weighted by molar-refractivity contribution is 0.0787. The van der Waals surface area contributed by atoms with Gasteiger partial charge in [-0.25, -0.2) is 0 Å². The fourth-order valence-electron chi connectivity index (χ4n) is 5.71. The van der Waals surface area contributed by atoms with Gasteiger partial charge in [-0.15, -0.1) is 12.4 Å². The van der Waals surface area contributed by atoms with Crippen LogP contribution in [0.1, 0.15) is 77.8 Å². The van der Waals surface area contributed by atoms with Crippen molar-refractivity contribution in [3.63, 3.8) is 0 Å². The average molecular weight is 348 g/mol. The summed E-state index contributed by atoms with van der Waals surface area (Å²) in [5.41, 5.74) is 4.10. The first-order valence-corrected chi connectivity index (χ1v) is 8.96. The predicted octanol–water partition coefficient (Wildman–Crippen LogP) is 3.86. The monoisotopic (exact) mass is 347 g/mol. The maximum atomic E-state index is 12.3. The van der Waals surface area contributed by atoms with Crippen LogP contribution >= 0.6 is 12.4 Å². The lowest BCUT2D eigenvalue weighted by Crippen LogP contribution is -2.59. The highest BCUT2D eigenvalue weighted by Crippen LogP contribution is 2.54. The Morgan fingerprint density at radius 1 is 1.12 bits per heavy atom. The number of nitrogens with one attached hydrogen (secondary N) is 1. The van der Waals surface area contributed by atoms with E-state index >= 15 is 0 Å². The van der Waals surface area contributed by atoms with Gasteiger partial charge in [0.15, 0.2) is 11.6 Å². The van der Waals surface area contributed by atoms with Crippen LogP contribution in [0.2, 0.25) is 0 Å². The van der Waals surface area contributed by atoms with Crippen LogP contribution in [0.5, 0.6) is 0 Å². The van der Waals surface area contributed by atoms with Crippen LogP contribution in [0.4, 0.5) is 0 Å². The fraction of sp³-hybridized carbons (Fsp3) is 0.600. The van der Waals surface area contributed by atoms with Crippen LogP contribution in [0.3, 0.4) is 0 Å². The number of benzene rings is 1. The molecule has 1 heterocycles. The Balaban J connectivity index is 0.00000169. The first-order valence-electron chi connectivity index (χ1n) is 8.96. The average Bonchev–Trinajstić information content (AvgIpc) is 2.53. The van der Waals surface area contributed by atoms with Crippen molar-refractivity contribution in [2.45, 2.75) is 63.8 Å². The number of Topliss-reactive ketones (excluding diaryl/α,β-unsaturated/α-hetero) is 2. The van der Waals surface area contributed by atoms with Gasteiger partial charge in [-0.2, -0.15) is 0 Å². The van der Waals surface area contributed by atoms with Gasteiger partial charge in [0.25, 0.3) is 0 Å². The molecule has 4 heteroatoms. The van der Waals surface area contributed by atoms with Crippen LogP contribution in [0.25, 0.3) is 0 Å². The highest BCUT2D eigenvalue weighted by molar-refractivity contribution is 6.08. The van der Waals surface area contributed by atoms with Crippen molar-refractivity contribution >= 4 is 24.0 Å². The third-order valence-electron chi connectivity index (χ3n) is 6.57. The van der Waals surface area contributed by atoms with E-state index in [1.165, 1.54) is 36.8 Å². The molecule has 3 nitrogen and oxygen atoms in total. The topological polar surface area (TPSA) is 46.2 Å². The number of carbonyl (C=O) groups is 2. The second-order valence-electron chi connectivity index (χ2n) is 7.65. The lowest BCUT2D eigenvalue weighted by Gasteiger charge is -2.56. The molecule has 0 radical (unpaired) electrons. The zero-order chi connectivity index (χ0) is 16.2. The molecule has 0 aromatic heterocycles. The van der Waals surface area contributed by atoms with Gasteiger partial charge < -0.3 is 5.32 Å². The molecule has 1 aromatic carbocycles. The van der Waals surface area contributed by atoms with E-state index in [0.717, 1.165) is 19.4 Å². The van der Waals surface area contributed by atoms with Gasteiger partial charge in [0.1, 0.15) is 0 Å². The van der Waals surface area contributed by atoms with Gasteiger partial charge in [-0.1, -0.05) is 25.0 Å². The molecule has 1 N–H and O–H groups in total. The number of hydrogen-bond donors (Lipinski definition) is 1. The Kier molecular flexibility index (Phi) is 4.61. The molecule has 130 valence electrons. The summed E-state index contributed by atoms with van der Waals surface area (Å²) >= 11 is 0.